The number of nitrogens with zero attached hydrogens (tertiary/aromatic N) is 1. The molecule has 0 radical (unpaired) electrons. The van der Waals surface area contributed by atoms with E-state index in [9.17, 15) is 0 Å². The Kier molecular flexibility index (Phi) is 2.71. The van der Waals surface area contributed by atoms with Crippen LogP contribution in [0.15, 0.2) is 0 Å². The van der Waals surface area contributed by atoms with Gasteiger partial charge in [0.2, 0.25) is 0 Å². The van der Waals surface area contributed by atoms with Gasteiger partial charge in [0, 0.05) is 6.61 Å². The van der Waals surface area contributed by atoms with E-state index in [4.69, 9.17) is 10.1 Å². The molecule has 58 valence electrons. The van der Waals surface area contributed by atoms with Gasteiger partial charge < -0.3 is 14.9 Å². The molecule has 10 heavy (non-hydrogen) atoms. The second kappa shape index (κ2) is 3.37. The van der Waals surface area contributed by atoms with E-state index in [-0.39, 0.29) is 13.7 Å². The van der Waals surface area contributed by atoms with E-state index < -0.39 is 0 Å². The van der Waals surface area contributed by atoms with Crippen molar-refractivity contribution in [3.63, 3.8) is 0 Å². The molecule has 1 heterocycles. The number of hydrogen-bond donors (Lipinski definition) is 2. The van der Waals surface area contributed by atoms with Gasteiger partial charge in [-0.25, -0.2) is 0 Å². The fourth-order valence-electron chi connectivity index (χ4n) is 1.35. The van der Waals surface area contributed by atoms with Gasteiger partial charge in [-0.3, -0.25) is 0 Å². The van der Waals surface area contributed by atoms with Crippen LogP contribution in [0, 0.1) is 5.92 Å². The Hall–Kier alpha value is -0.0551. The van der Waals surface area contributed by atoms with E-state index in [1.807, 2.05) is 4.81 Å². The molecule has 0 saturated carbocycles. The summed E-state index contributed by atoms with van der Waals surface area (Å²) in [5.41, 5.74) is 0. The van der Waals surface area contributed by atoms with Crippen LogP contribution in [-0.2, 0) is 0 Å². The minimum atomic E-state index is -0.350. The van der Waals surface area contributed by atoms with Crippen molar-refractivity contribution >= 4 is 7.05 Å². The largest absolute Gasteiger partial charge is 0.437 e. The molecule has 0 aliphatic carbocycles. The molecule has 3 nitrogen and oxygen atoms in total. The zero-order chi connectivity index (χ0) is 7.56. The molecule has 0 spiro atoms. The molecule has 0 aromatic heterocycles. The summed E-state index contributed by atoms with van der Waals surface area (Å²) in [5, 5.41) is 17.9. The van der Waals surface area contributed by atoms with Crippen LogP contribution >= 0.6 is 0 Å². The van der Waals surface area contributed by atoms with Crippen molar-refractivity contribution in [3.8, 4) is 0 Å². The molecule has 1 atom stereocenters. The van der Waals surface area contributed by atoms with E-state index in [1.54, 1.807) is 6.82 Å². The molecular formula is C6H14BNO2. The first-order valence-corrected chi connectivity index (χ1v) is 3.77. The van der Waals surface area contributed by atoms with Crippen LogP contribution in [0.3, 0.4) is 0 Å². The Morgan fingerprint density at radius 2 is 2.40 bits per heavy atom. The van der Waals surface area contributed by atoms with Crippen LogP contribution in [0.2, 0.25) is 6.82 Å². The fraction of sp³-hybridized carbons (Fsp3) is 1.00. The Morgan fingerprint density at radius 1 is 1.70 bits per heavy atom. The SMILES string of the molecule is CB(O)N1CCC(CO)C1. The van der Waals surface area contributed by atoms with Gasteiger partial charge in [0.1, 0.15) is 0 Å². The average Bonchev–Trinajstić information content (AvgIpc) is 2.34. The molecule has 0 amide bonds. The van der Waals surface area contributed by atoms with Crippen molar-refractivity contribution in [1.82, 2.24) is 4.81 Å². The standard InChI is InChI=1S/C6H14BNO2/c1-7(10)8-3-2-6(4-8)5-9/h6,9-10H,2-5H2,1H3. The van der Waals surface area contributed by atoms with Crippen molar-refractivity contribution in [2.75, 3.05) is 19.7 Å². The van der Waals surface area contributed by atoms with E-state index in [0.29, 0.717) is 5.92 Å². The Bertz CT molecular complexity index is 110. The quantitative estimate of drug-likeness (QED) is 0.508. The fourth-order valence-corrected chi connectivity index (χ4v) is 1.35. The third-order valence-corrected chi connectivity index (χ3v) is 2.10. The Labute approximate surface area is 61.8 Å². The highest BCUT2D eigenvalue weighted by molar-refractivity contribution is 6.45. The summed E-state index contributed by atoms with van der Waals surface area (Å²) in [4.78, 5) is 1.97. The Balaban J connectivity index is 2.28. The lowest BCUT2D eigenvalue weighted by Gasteiger charge is -2.14. The molecule has 1 fully saturated rings. The van der Waals surface area contributed by atoms with E-state index >= 15 is 0 Å². The highest BCUT2D eigenvalue weighted by Crippen LogP contribution is 2.15. The van der Waals surface area contributed by atoms with Crippen LogP contribution in [0.5, 0.6) is 0 Å². The van der Waals surface area contributed by atoms with Gasteiger partial charge in [-0.2, -0.15) is 0 Å². The molecule has 1 unspecified atom stereocenters. The maximum Gasteiger partial charge on any atom is 0.376 e. The van der Waals surface area contributed by atoms with Gasteiger partial charge in [-0.05, 0) is 32.3 Å². The summed E-state index contributed by atoms with van der Waals surface area (Å²) in [5.74, 6) is 0.384. The number of aliphatic hydroxyl groups excluding tert-OH is 1. The minimum absolute atomic E-state index is 0.253. The zero-order valence-electron chi connectivity index (χ0n) is 6.32. The monoisotopic (exact) mass is 143 g/mol. The maximum atomic E-state index is 9.11. The average molecular weight is 143 g/mol. The first-order chi connectivity index (χ1) is 4.74. The predicted octanol–water partition coefficient (Wildman–Crippen LogP) is -0.589. The lowest BCUT2D eigenvalue weighted by molar-refractivity contribution is 0.231. The first kappa shape index (κ1) is 8.05. The van der Waals surface area contributed by atoms with Gasteiger partial charge in [0.05, 0.1) is 0 Å². The molecule has 2 N–H and O–H groups in total. The van der Waals surface area contributed by atoms with Crippen LogP contribution in [0.1, 0.15) is 6.42 Å². The van der Waals surface area contributed by atoms with E-state index in [2.05, 4.69) is 0 Å². The molecular weight excluding hydrogens is 129 g/mol. The van der Waals surface area contributed by atoms with Gasteiger partial charge in [0.25, 0.3) is 0 Å². The summed E-state index contributed by atoms with van der Waals surface area (Å²) < 4.78 is 0. The summed E-state index contributed by atoms with van der Waals surface area (Å²) >= 11 is 0. The van der Waals surface area contributed by atoms with Crippen molar-refractivity contribution < 1.29 is 10.1 Å². The highest BCUT2D eigenvalue weighted by Gasteiger charge is 2.26. The number of hydrogen-bond acceptors (Lipinski definition) is 3. The molecule has 0 bridgehead atoms. The molecule has 1 aliphatic rings. The maximum absolute atomic E-state index is 9.11. The second-order valence-corrected chi connectivity index (χ2v) is 2.96. The minimum Gasteiger partial charge on any atom is -0.437 e. The van der Waals surface area contributed by atoms with Gasteiger partial charge in [-0.15, -0.1) is 0 Å². The van der Waals surface area contributed by atoms with Gasteiger partial charge >= 0.3 is 7.05 Å². The molecule has 1 rings (SSSR count). The normalized spacial score (nSPS) is 27.3. The lowest BCUT2D eigenvalue weighted by Crippen LogP contribution is -2.35. The summed E-state index contributed by atoms with van der Waals surface area (Å²) in [7, 11) is -0.350. The highest BCUT2D eigenvalue weighted by atomic mass is 16.3. The third-order valence-electron chi connectivity index (χ3n) is 2.10. The molecule has 4 heteroatoms. The molecule has 1 saturated heterocycles. The zero-order valence-corrected chi connectivity index (χ0v) is 6.32. The number of aliphatic hydroxyl groups is 1. The van der Waals surface area contributed by atoms with E-state index in [0.717, 1.165) is 19.5 Å². The molecule has 0 aromatic rings. The smallest absolute Gasteiger partial charge is 0.376 e. The second-order valence-electron chi connectivity index (χ2n) is 2.96. The van der Waals surface area contributed by atoms with Gasteiger partial charge in [-0.1, -0.05) is 0 Å². The van der Waals surface area contributed by atoms with Crippen molar-refractivity contribution in [1.29, 1.82) is 0 Å². The first-order valence-electron chi connectivity index (χ1n) is 3.77. The van der Waals surface area contributed by atoms with Crippen LogP contribution in [-0.4, -0.2) is 41.7 Å². The molecule has 1 aliphatic heterocycles. The van der Waals surface area contributed by atoms with Crippen LogP contribution in [0.4, 0.5) is 0 Å². The predicted molar refractivity (Wildman–Crippen MR) is 40.6 cm³/mol. The topological polar surface area (TPSA) is 43.7 Å². The van der Waals surface area contributed by atoms with Gasteiger partial charge in [0.15, 0.2) is 0 Å². The summed E-state index contributed by atoms with van der Waals surface area (Å²) in [6, 6.07) is 0. The van der Waals surface area contributed by atoms with Crippen molar-refractivity contribution in [3.05, 3.63) is 0 Å². The van der Waals surface area contributed by atoms with Crippen molar-refractivity contribution in [2.45, 2.75) is 13.2 Å². The number of rotatable bonds is 2. The van der Waals surface area contributed by atoms with Crippen molar-refractivity contribution in [2.24, 2.45) is 5.92 Å². The summed E-state index contributed by atoms with van der Waals surface area (Å²) in [6.45, 7) is 3.78. The lowest BCUT2D eigenvalue weighted by atomic mass is 9.86. The van der Waals surface area contributed by atoms with E-state index in [1.165, 1.54) is 0 Å². The van der Waals surface area contributed by atoms with Crippen LogP contribution in [0.25, 0.3) is 0 Å². The summed E-state index contributed by atoms with van der Waals surface area (Å²) in [6.07, 6.45) is 1.02. The molecule has 0 aromatic carbocycles. The van der Waals surface area contributed by atoms with Crippen LogP contribution < -0.4 is 0 Å². The Morgan fingerprint density at radius 3 is 2.70 bits per heavy atom. The third kappa shape index (κ3) is 1.72.